The standard InChI is InChI=1S/C9H14S.C2H6/c1-4-6-8-9(10-3)7-5-2;1-2/h4-8H,1-3H3;1-2H3/b6-4?,7-5-,9-8+;. The summed E-state index contributed by atoms with van der Waals surface area (Å²) in [5.74, 6) is 0. The van der Waals surface area contributed by atoms with Crippen molar-refractivity contribution in [1.29, 1.82) is 0 Å². The van der Waals surface area contributed by atoms with Crippen LogP contribution in [-0.4, -0.2) is 6.26 Å². The Hall–Kier alpha value is -0.430. The molecule has 0 rings (SSSR count). The van der Waals surface area contributed by atoms with Gasteiger partial charge in [0.25, 0.3) is 0 Å². The highest BCUT2D eigenvalue weighted by molar-refractivity contribution is 8.02. The highest BCUT2D eigenvalue weighted by Gasteiger charge is 1.82. The van der Waals surface area contributed by atoms with Crippen molar-refractivity contribution >= 4 is 11.8 Å². The highest BCUT2D eigenvalue weighted by atomic mass is 32.2. The lowest BCUT2D eigenvalue weighted by Crippen LogP contribution is -1.64. The monoisotopic (exact) mass is 184 g/mol. The average Bonchev–Trinajstić information content (AvgIpc) is 2.15. The summed E-state index contributed by atoms with van der Waals surface area (Å²) in [7, 11) is 0. The third-order valence-electron chi connectivity index (χ3n) is 1.02. The minimum atomic E-state index is 1.29. The van der Waals surface area contributed by atoms with Crippen LogP contribution in [-0.2, 0) is 0 Å². The Kier molecular flexibility index (Phi) is 15.5. The van der Waals surface area contributed by atoms with Crippen molar-refractivity contribution in [2.45, 2.75) is 27.7 Å². The number of thioether (sulfide) groups is 1. The predicted molar refractivity (Wildman–Crippen MR) is 62.6 cm³/mol. The first-order chi connectivity index (χ1) is 5.85. The van der Waals surface area contributed by atoms with Crippen molar-refractivity contribution in [2.24, 2.45) is 0 Å². The molecule has 0 fully saturated rings. The molecule has 12 heavy (non-hydrogen) atoms. The van der Waals surface area contributed by atoms with Crippen LogP contribution in [0.2, 0.25) is 0 Å². The molecule has 0 aromatic heterocycles. The van der Waals surface area contributed by atoms with Gasteiger partial charge in [-0.25, -0.2) is 0 Å². The molecule has 0 saturated carbocycles. The fourth-order valence-electron chi connectivity index (χ4n) is 0.547. The molecule has 0 aromatic carbocycles. The molecule has 0 aliphatic carbocycles. The molecular formula is C11H20S. The van der Waals surface area contributed by atoms with Crippen molar-refractivity contribution in [3.63, 3.8) is 0 Å². The Morgan fingerprint density at radius 2 is 1.67 bits per heavy atom. The maximum atomic E-state index is 2.10. The third kappa shape index (κ3) is 9.57. The van der Waals surface area contributed by atoms with Crippen molar-refractivity contribution in [3.8, 4) is 0 Å². The molecule has 0 aliphatic rings. The van der Waals surface area contributed by atoms with E-state index in [1.165, 1.54) is 4.91 Å². The second-order valence-corrected chi connectivity index (χ2v) is 2.68. The molecular weight excluding hydrogens is 164 g/mol. The molecule has 0 amide bonds. The maximum absolute atomic E-state index is 2.10. The van der Waals surface area contributed by atoms with Crippen molar-refractivity contribution in [2.75, 3.05) is 6.26 Å². The summed E-state index contributed by atoms with van der Waals surface area (Å²) >= 11 is 1.76. The molecule has 0 bridgehead atoms. The van der Waals surface area contributed by atoms with Crippen LogP contribution in [0.3, 0.4) is 0 Å². The van der Waals surface area contributed by atoms with E-state index in [1.54, 1.807) is 11.8 Å². The van der Waals surface area contributed by atoms with Crippen molar-refractivity contribution in [1.82, 2.24) is 0 Å². The van der Waals surface area contributed by atoms with Crippen LogP contribution in [0.5, 0.6) is 0 Å². The molecule has 0 unspecified atom stereocenters. The first kappa shape index (κ1) is 14.1. The van der Waals surface area contributed by atoms with Gasteiger partial charge in [0.05, 0.1) is 0 Å². The first-order valence-corrected chi connectivity index (χ1v) is 5.57. The zero-order valence-corrected chi connectivity index (χ0v) is 9.61. The van der Waals surface area contributed by atoms with Gasteiger partial charge < -0.3 is 0 Å². The Balaban J connectivity index is 0. The van der Waals surface area contributed by atoms with Gasteiger partial charge in [0.15, 0.2) is 0 Å². The molecule has 0 spiro atoms. The first-order valence-electron chi connectivity index (χ1n) is 4.34. The topological polar surface area (TPSA) is 0 Å². The quantitative estimate of drug-likeness (QED) is 0.585. The summed E-state index contributed by atoms with van der Waals surface area (Å²) in [5, 5.41) is 0. The minimum absolute atomic E-state index is 1.29. The Morgan fingerprint density at radius 3 is 2.00 bits per heavy atom. The van der Waals surface area contributed by atoms with E-state index in [0.29, 0.717) is 0 Å². The molecule has 0 saturated heterocycles. The second-order valence-electron chi connectivity index (χ2n) is 1.80. The molecule has 0 radical (unpaired) electrons. The fraction of sp³-hybridized carbons (Fsp3) is 0.455. The lowest BCUT2D eigenvalue weighted by atomic mass is 10.4. The van der Waals surface area contributed by atoms with Gasteiger partial charge in [0.2, 0.25) is 0 Å². The Bertz CT molecular complexity index is 152. The van der Waals surface area contributed by atoms with Crippen molar-refractivity contribution in [3.05, 3.63) is 35.3 Å². The van der Waals surface area contributed by atoms with Crippen LogP contribution in [0, 0.1) is 0 Å². The smallest absolute Gasteiger partial charge is 0.00657 e. The molecule has 1 heteroatoms. The average molecular weight is 184 g/mol. The Labute approximate surface area is 81.4 Å². The van der Waals surface area contributed by atoms with E-state index in [1.807, 2.05) is 45.9 Å². The van der Waals surface area contributed by atoms with Crippen molar-refractivity contribution < 1.29 is 0 Å². The zero-order chi connectivity index (χ0) is 9.82. The summed E-state index contributed by atoms with van der Waals surface area (Å²) in [6.45, 7) is 8.05. The predicted octanol–water partition coefficient (Wildman–Crippen LogP) is 4.41. The normalized spacial score (nSPS) is 11.9. The largest absolute Gasteiger partial charge is 0.130 e. The molecule has 0 atom stereocenters. The van der Waals surface area contributed by atoms with Gasteiger partial charge in [-0.2, -0.15) is 0 Å². The van der Waals surface area contributed by atoms with Gasteiger partial charge in [-0.05, 0) is 26.2 Å². The second kappa shape index (κ2) is 13.2. The van der Waals surface area contributed by atoms with E-state index >= 15 is 0 Å². The Morgan fingerprint density at radius 1 is 1.08 bits per heavy atom. The van der Waals surface area contributed by atoms with E-state index in [2.05, 4.69) is 18.4 Å². The van der Waals surface area contributed by atoms with E-state index in [-0.39, 0.29) is 0 Å². The van der Waals surface area contributed by atoms with Gasteiger partial charge in [-0.1, -0.05) is 38.2 Å². The van der Waals surface area contributed by atoms with Crippen LogP contribution in [0.1, 0.15) is 27.7 Å². The van der Waals surface area contributed by atoms with Crippen LogP contribution >= 0.6 is 11.8 Å². The summed E-state index contributed by atoms with van der Waals surface area (Å²) in [5.41, 5.74) is 0. The molecule has 0 N–H and O–H groups in total. The number of allylic oxidation sites excluding steroid dienone is 5. The molecule has 0 nitrogen and oxygen atoms in total. The molecule has 70 valence electrons. The van der Waals surface area contributed by atoms with Gasteiger partial charge in [0.1, 0.15) is 0 Å². The van der Waals surface area contributed by atoms with E-state index in [9.17, 15) is 0 Å². The van der Waals surface area contributed by atoms with E-state index in [4.69, 9.17) is 0 Å². The van der Waals surface area contributed by atoms with Crippen LogP contribution < -0.4 is 0 Å². The lowest BCUT2D eigenvalue weighted by molar-refractivity contribution is 1.50. The fourth-order valence-corrected chi connectivity index (χ4v) is 1.03. The van der Waals surface area contributed by atoms with Gasteiger partial charge in [0, 0.05) is 4.91 Å². The molecule has 0 aromatic rings. The lowest BCUT2D eigenvalue weighted by Gasteiger charge is -1.91. The SMILES string of the molecule is CC.CC=C/C=C(\C=C/C)SC. The minimum Gasteiger partial charge on any atom is -0.130 e. The number of hydrogen-bond acceptors (Lipinski definition) is 1. The molecule has 0 heterocycles. The summed E-state index contributed by atoms with van der Waals surface area (Å²) in [6.07, 6.45) is 12.4. The van der Waals surface area contributed by atoms with E-state index < -0.39 is 0 Å². The van der Waals surface area contributed by atoms with Crippen LogP contribution in [0.4, 0.5) is 0 Å². The summed E-state index contributed by atoms with van der Waals surface area (Å²) in [4.78, 5) is 1.29. The number of rotatable bonds is 3. The van der Waals surface area contributed by atoms with E-state index in [0.717, 1.165) is 0 Å². The zero-order valence-electron chi connectivity index (χ0n) is 8.79. The highest BCUT2D eigenvalue weighted by Crippen LogP contribution is 2.12. The summed E-state index contributed by atoms with van der Waals surface area (Å²) in [6, 6.07) is 0. The van der Waals surface area contributed by atoms with Gasteiger partial charge >= 0.3 is 0 Å². The maximum Gasteiger partial charge on any atom is 0.00657 e. The molecule has 0 aliphatic heterocycles. The van der Waals surface area contributed by atoms with Gasteiger partial charge in [-0.15, -0.1) is 11.8 Å². The van der Waals surface area contributed by atoms with Crippen LogP contribution in [0.25, 0.3) is 0 Å². The summed E-state index contributed by atoms with van der Waals surface area (Å²) < 4.78 is 0. The third-order valence-corrected chi connectivity index (χ3v) is 1.76. The van der Waals surface area contributed by atoms with Crippen LogP contribution in [0.15, 0.2) is 35.3 Å². The number of hydrogen-bond donors (Lipinski definition) is 0. The van der Waals surface area contributed by atoms with Gasteiger partial charge in [-0.3, -0.25) is 0 Å².